The number of hydrogen-bond donors (Lipinski definition) is 0. The molecule has 0 radical (unpaired) electrons. The van der Waals surface area contributed by atoms with Gasteiger partial charge in [0.25, 0.3) is 0 Å². The first-order valence-electron chi connectivity index (χ1n) is 7.86. The minimum atomic E-state index is -0.108. The van der Waals surface area contributed by atoms with E-state index in [0.717, 1.165) is 28.6 Å². The standard InChI is InChI=1S/C17H22N4OS/c1-6-21-13-10-8-7-9-12(13)18-16(21)23-11(2)14-19-15(20-22-14)17(3,4)5/h7-11H,6H2,1-5H3. The van der Waals surface area contributed by atoms with Gasteiger partial charge >= 0.3 is 0 Å². The van der Waals surface area contributed by atoms with Crippen LogP contribution in [0.15, 0.2) is 33.9 Å². The molecule has 0 N–H and O–H groups in total. The zero-order chi connectivity index (χ0) is 16.6. The predicted molar refractivity (Wildman–Crippen MR) is 92.7 cm³/mol. The number of thioether (sulfide) groups is 1. The maximum Gasteiger partial charge on any atom is 0.239 e. The number of aryl methyl sites for hydroxylation is 1. The zero-order valence-electron chi connectivity index (χ0n) is 14.2. The summed E-state index contributed by atoms with van der Waals surface area (Å²) in [6.07, 6.45) is 0. The van der Waals surface area contributed by atoms with Crippen molar-refractivity contribution in [3.05, 3.63) is 36.0 Å². The number of nitrogens with zero attached hydrogens (tertiary/aromatic N) is 4. The van der Waals surface area contributed by atoms with Gasteiger partial charge in [0.15, 0.2) is 11.0 Å². The van der Waals surface area contributed by atoms with Crippen LogP contribution in [0.1, 0.15) is 51.6 Å². The van der Waals surface area contributed by atoms with Gasteiger partial charge in [0.2, 0.25) is 5.89 Å². The van der Waals surface area contributed by atoms with E-state index in [-0.39, 0.29) is 10.7 Å². The van der Waals surface area contributed by atoms with Crippen LogP contribution in [0, 0.1) is 0 Å². The number of imidazole rings is 1. The molecule has 0 saturated heterocycles. The third-order valence-electron chi connectivity index (χ3n) is 3.68. The van der Waals surface area contributed by atoms with Gasteiger partial charge in [-0.3, -0.25) is 0 Å². The smallest absolute Gasteiger partial charge is 0.239 e. The molecule has 23 heavy (non-hydrogen) atoms. The molecule has 122 valence electrons. The summed E-state index contributed by atoms with van der Waals surface area (Å²) < 4.78 is 7.67. The largest absolute Gasteiger partial charge is 0.338 e. The van der Waals surface area contributed by atoms with Crippen molar-refractivity contribution in [3.63, 3.8) is 0 Å². The number of benzene rings is 1. The SMILES string of the molecule is CCn1c(SC(C)c2nc(C(C)(C)C)no2)nc2ccccc21. The summed E-state index contributed by atoms with van der Waals surface area (Å²) in [6, 6.07) is 8.20. The fourth-order valence-electron chi connectivity index (χ4n) is 2.36. The quantitative estimate of drug-likeness (QED) is 0.655. The first kappa shape index (κ1) is 16.1. The molecule has 3 aromatic rings. The molecule has 0 aliphatic carbocycles. The van der Waals surface area contributed by atoms with Crippen LogP contribution in [0.4, 0.5) is 0 Å². The van der Waals surface area contributed by atoms with Crippen molar-refractivity contribution in [1.29, 1.82) is 0 Å². The van der Waals surface area contributed by atoms with Crippen LogP contribution in [-0.2, 0) is 12.0 Å². The van der Waals surface area contributed by atoms with Crippen LogP contribution >= 0.6 is 11.8 Å². The normalized spacial score (nSPS) is 13.6. The molecule has 2 heterocycles. The third-order valence-corrected chi connectivity index (χ3v) is 4.76. The molecule has 0 saturated carbocycles. The summed E-state index contributed by atoms with van der Waals surface area (Å²) in [5, 5.41) is 5.15. The van der Waals surface area contributed by atoms with Gasteiger partial charge in [0.1, 0.15) is 0 Å². The van der Waals surface area contributed by atoms with E-state index in [4.69, 9.17) is 9.51 Å². The van der Waals surface area contributed by atoms with Crippen LogP contribution in [0.3, 0.4) is 0 Å². The van der Waals surface area contributed by atoms with E-state index in [0.29, 0.717) is 5.89 Å². The molecule has 1 atom stereocenters. The van der Waals surface area contributed by atoms with Crippen molar-refractivity contribution < 1.29 is 4.52 Å². The zero-order valence-corrected chi connectivity index (χ0v) is 15.0. The van der Waals surface area contributed by atoms with E-state index in [1.165, 1.54) is 0 Å². The van der Waals surface area contributed by atoms with Crippen molar-refractivity contribution in [1.82, 2.24) is 19.7 Å². The summed E-state index contributed by atoms with van der Waals surface area (Å²) in [7, 11) is 0. The van der Waals surface area contributed by atoms with Crippen LogP contribution in [0.5, 0.6) is 0 Å². The molecule has 1 aromatic carbocycles. The Hall–Kier alpha value is -1.82. The summed E-state index contributed by atoms with van der Waals surface area (Å²) >= 11 is 1.65. The van der Waals surface area contributed by atoms with Crippen molar-refractivity contribution in [3.8, 4) is 0 Å². The number of rotatable bonds is 4. The van der Waals surface area contributed by atoms with Crippen molar-refractivity contribution in [2.75, 3.05) is 0 Å². The molecule has 0 bridgehead atoms. The molecule has 6 heteroatoms. The maximum atomic E-state index is 5.45. The summed E-state index contributed by atoms with van der Waals surface area (Å²) in [5.41, 5.74) is 2.07. The monoisotopic (exact) mass is 330 g/mol. The number of para-hydroxylation sites is 2. The topological polar surface area (TPSA) is 56.7 Å². The molecular formula is C17H22N4OS. The lowest BCUT2D eigenvalue weighted by atomic mass is 9.96. The van der Waals surface area contributed by atoms with Crippen LogP contribution in [0.2, 0.25) is 0 Å². The Labute approximate surface area is 140 Å². The molecule has 0 aliphatic rings. The molecule has 1 unspecified atom stereocenters. The Morgan fingerprint density at radius 1 is 1.22 bits per heavy atom. The Morgan fingerprint density at radius 2 is 1.96 bits per heavy atom. The Bertz CT molecular complexity index is 815. The van der Waals surface area contributed by atoms with E-state index in [2.05, 4.69) is 55.4 Å². The molecule has 0 fully saturated rings. The third kappa shape index (κ3) is 3.13. The second kappa shape index (κ2) is 6.00. The summed E-state index contributed by atoms with van der Waals surface area (Å²) in [6.45, 7) is 11.3. The lowest BCUT2D eigenvalue weighted by Gasteiger charge is -2.11. The summed E-state index contributed by atoms with van der Waals surface area (Å²) in [4.78, 5) is 9.29. The molecular weight excluding hydrogens is 308 g/mol. The summed E-state index contributed by atoms with van der Waals surface area (Å²) in [5.74, 6) is 1.39. The molecule has 0 amide bonds. The van der Waals surface area contributed by atoms with E-state index >= 15 is 0 Å². The van der Waals surface area contributed by atoms with Gasteiger partial charge in [0, 0.05) is 12.0 Å². The fraction of sp³-hybridized carbons (Fsp3) is 0.471. The van der Waals surface area contributed by atoms with Gasteiger partial charge in [-0.1, -0.05) is 49.8 Å². The van der Waals surface area contributed by atoms with E-state index in [1.807, 2.05) is 18.2 Å². The Balaban J connectivity index is 1.88. The fourth-order valence-corrected chi connectivity index (χ4v) is 3.38. The molecule has 2 aromatic heterocycles. The molecule has 3 rings (SSSR count). The van der Waals surface area contributed by atoms with Gasteiger partial charge in [-0.05, 0) is 26.0 Å². The predicted octanol–water partition coefficient (Wildman–Crippen LogP) is 4.59. The van der Waals surface area contributed by atoms with Gasteiger partial charge in [-0.15, -0.1) is 0 Å². The average molecular weight is 330 g/mol. The first-order chi connectivity index (χ1) is 10.9. The van der Waals surface area contributed by atoms with Crippen LogP contribution in [-0.4, -0.2) is 19.7 Å². The van der Waals surface area contributed by atoms with E-state index < -0.39 is 0 Å². The second-order valence-electron chi connectivity index (χ2n) is 6.59. The van der Waals surface area contributed by atoms with Crippen molar-refractivity contribution in [2.45, 2.75) is 57.0 Å². The van der Waals surface area contributed by atoms with Crippen molar-refractivity contribution >= 4 is 22.8 Å². The Kier molecular flexibility index (Phi) is 4.19. The lowest BCUT2D eigenvalue weighted by molar-refractivity contribution is 0.364. The van der Waals surface area contributed by atoms with Crippen molar-refractivity contribution in [2.24, 2.45) is 0 Å². The minimum Gasteiger partial charge on any atom is -0.338 e. The average Bonchev–Trinajstić information content (AvgIpc) is 3.11. The molecule has 5 nitrogen and oxygen atoms in total. The highest BCUT2D eigenvalue weighted by atomic mass is 32.2. The molecule has 0 aliphatic heterocycles. The minimum absolute atomic E-state index is 0.0562. The van der Waals surface area contributed by atoms with Crippen LogP contribution < -0.4 is 0 Å². The van der Waals surface area contributed by atoms with Crippen LogP contribution in [0.25, 0.3) is 11.0 Å². The van der Waals surface area contributed by atoms with E-state index in [9.17, 15) is 0 Å². The second-order valence-corrected chi connectivity index (χ2v) is 7.90. The molecule has 0 spiro atoms. The Morgan fingerprint density at radius 3 is 2.61 bits per heavy atom. The van der Waals surface area contributed by atoms with Gasteiger partial charge < -0.3 is 9.09 Å². The highest BCUT2D eigenvalue weighted by Gasteiger charge is 2.24. The van der Waals surface area contributed by atoms with Gasteiger partial charge in [-0.25, -0.2) is 4.98 Å². The number of hydrogen-bond acceptors (Lipinski definition) is 5. The highest BCUT2D eigenvalue weighted by Crippen LogP contribution is 2.35. The highest BCUT2D eigenvalue weighted by molar-refractivity contribution is 7.99. The van der Waals surface area contributed by atoms with Gasteiger partial charge in [-0.2, -0.15) is 4.98 Å². The first-order valence-corrected chi connectivity index (χ1v) is 8.74. The number of aromatic nitrogens is 4. The van der Waals surface area contributed by atoms with Gasteiger partial charge in [0.05, 0.1) is 16.3 Å². The lowest BCUT2D eigenvalue weighted by Crippen LogP contribution is -2.13. The van der Waals surface area contributed by atoms with E-state index in [1.54, 1.807) is 11.8 Å². The number of fused-ring (bicyclic) bond motifs is 1. The maximum absolute atomic E-state index is 5.45.